The first-order chi connectivity index (χ1) is 17.2. The molecule has 3 heterocycles. The van der Waals surface area contributed by atoms with Gasteiger partial charge in [0.2, 0.25) is 0 Å². The second kappa shape index (κ2) is 9.33. The van der Waals surface area contributed by atoms with Crippen LogP contribution >= 0.6 is 0 Å². The van der Waals surface area contributed by atoms with Crippen molar-refractivity contribution >= 4 is 17.1 Å². The zero-order valence-corrected chi connectivity index (χ0v) is 21.3. The molecule has 1 fully saturated rings. The number of fused-ring (bicyclic) bond motifs is 1. The number of carbonyl (C=O) groups is 1. The molecule has 8 heteroatoms. The van der Waals surface area contributed by atoms with Crippen LogP contribution in [0.3, 0.4) is 0 Å². The molecule has 1 aliphatic heterocycles. The monoisotopic (exact) mass is 484 g/mol. The number of nitrogens with zero attached hydrogens (tertiary/aromatic N) is 5. The van der Waals surface area contributed by atoms with Crippen molar-refractivity contribution in [3.63, 3.8) is 0 Å². The van der Waals surface area contributed by atoms with Gasteiger partial charge in [-0.1, -0.05) is 68.4 Å². The molecule has 0 spiro atoms. The Morgan fingerprint density at radius 2 is 1.75 bits per heavy atom. The zero-order valence-electron chi connectivity index (χ0n) is 21.3. The summed E-state index contributed by atoms with van der Waals surface area (Å²) in [6, 6.07) is 16.1. The highest BCUT2D eigenvalue weighted by Gasteiger charge is 2.27. The Morgan fingerprint density at radius 3 is 2.42 bits per heavy atom. The second-order valence-corrected chi connectivity index (χ2v) is 10.7. The van der Waals surface area contributed by atoms with Crippen LogP contribution in [0, 0.1) is 6.92 Å². The van der Waals surface area contributed by atoms with Crippen LogP contribution in [0.2, 0.25) is 0 Å². The van der Waals surface area contributed by atoms with E-state index in [0.717, 1.165) is 29.5 Å². The summed E-state index contributed by atoms with van der Waals surface area (Å²) >= 11 is 0. The van der Waals surface area contributed by atoms with Gasteiger partial charge in [0.05, 0.1) is 6.54 Å². The third kappa shape index (κ3) is 4.67. The molecule has 0 radical (unpaired) electrons. The Kier molecular flexibility index (Phi) is 6.20. The quantitative estimate of drug-likeness (QED) is 0.469. The van der Waals surface area contributed by atoms with E-state index in [1.165, 1.54) is 5.56 Å². The van der Waals surface area contributed by atoms with E-state index in [-0.39, 0.29) is 28.3 Å². The maximum atomic E-state index is 13.0. The highest BCUT2D eigenvalue weighted by molar-refractivity contribution is 5.95. The van der Waals surface area contributed by atoms with Crippen molar-refractivity contribution < 1.29 is 4.79 Å². The van der Waals surface area contributed by atoms with E-state index < -0.39 is 0 Å². The Hall–Kier alpha value is -3.81. The van der Waals surface area contributed by atoms with Gasteiger partial charge in [0.1, 0.15) is 5.82 Å². The lowest BCUT2D eigenvalue weighted by Gasteiger charge is -2.31. The smallest absolute Gasteiger partial charge is 0.281 e. The van der Waals surface area contributed by atoms with Crippen LogP contribution in [0.4, 0.5) is 0 Å². The number of carbonyl (C=O) groups excluding carboxylic acids is 1. The first kappa shape index (κ1) is 23.9. The summed E-state index contributed by atoms with van der Waals surface area (Å²) in [4.78, 5) is 35.4. The minimum absolute atomic E-state index is 0.0585. The third-order valence-corrected chi connectivity index (χ3v) is 7.09. The minimum Gasteiger partial charge on any atom is -0.339 e. The summed E-state index contributed by atoms with van der Waals surface area (Å²) in [6.45, 7) is 10.3. The van der Waals surface area contributed by atoms with Gasteiger partial charge in [-0.2, -0.15) is 0 Å². The number of hydrogen-bond acceptors (Lipinski definition) is 5. The van der Waals surface area contributed by atoms with Crippen molar-refractivity contribution in [2.24, 2.45) is 0 Å². The highest BCUT2D eigenvalue weighted by atomic mass is 16.2. The average Bonchev–Trinajstić information content (AvgIpc) is 3.27. The van der Waals surface area contributed by atoms with Gasteiger partial charge in [-0.25, -0.2) is 9.67 Å². The van der Waals surface area contributed by atoms with Crippen LogP contribution in [-0.4, -0.2) is 48.9 Å². The number of hydrogen-bond donors (Lipinski definition) is 1. The molecule has 36 heavy (non-hydrogen) atoms. The average molecular weight is 485 g/mol. The maximum Gasteiger partial charge on any atom is 0.281 e. The minimum atomic E-state index is -0.275. The molecule has 5 rings (SSSR count). The number of rotatable bonds is 4. The van der Waals surface area contributed by atoms with Gasteiger partial charge in [-0.15, -0.1) is 5.10 Å². The summed E-state index contributed by atoms with van der Waals surface area (Å²) in [5, 5.41) is 8.31. The fourth-order valence-electron chi connectivity index (χ4n) is 4.81. The zero-order chi connectivity index (χ0) is 25.4. The molecule has 8 nitrogen and oxygen atoms in total. The summed E-state index contributed by atoms with van der Waals surface area (Å²) in [7, 11) is 0. The summed E-state index contributed by atoms with van der Waals surface area (Å²) in [5.41, 5.74) is 4.61. The summed E-state index contributed by atoms with van der Waals surface area (Å²) < 4.78 is 1.69. The van der Waals surface area contributed by atoms with E-state index >= 15 is 0 Å². The first-order valence-corrected chi connectivity index (χ1v) is 12.5. The molecule has 0 atom stereocenters. The van der Waals surface area contributed by atoms with Crippen LogP contribution < -0.4 is 5.56 Å². The van der Waals surface area contributed by atoms with Gasteiger partial charge in [0, 0.05) is 24.6 Å². The maximum absolute atomic E-state index is 13.0. The Labute approximate surface area is 210 Å². The first-order valence-electron chi connectivity index (χ1n) is 12.5. The number of nitrogens with one attached hydrogen (secondary N) is 1. The van der Waals surface area contributed by atoms with Crippen molar-refractivity contribution in [1.29, 1.82) is 0 Å². The van der Waals surface area contributed by atoms with Crippen LogP contribution in [0.15, 0.2) is 53.3 Å². The SMILES string of the molecule is Cc1ccccc1C(=O)N1CCC(c2nc3c(nnn3Cc3ccc(C(C)(C)C)cc3)c(=O)[nH]2)CC1. The number of aryl methyl sites for hydroxylation is 1. The lowest BCUT2D eigenvalue weighted by molar-refractivity contribution is 0.0710. The summed E-state index contributed by atoms with van der Waals surface area (Å²) in [6.07, 6.45) is 1.48. The molecule has 4 aromatic rings. The molecular weight excluding hydrogens is 452 g/mol. The summed E-state index contributed by atoms with van der Waals surface area (Å²) in [5.74, 6) is 0.766. The number of amides is 1. The van der Waals surface area contributed by atoms with Gasteiger partial charge >= 0.3 is 0 Å². The lowest BCUT2D eigenvalue weighted by atomic mass is 9.87. The molecule has 1 N–H and O–H groups in total. The molecule has 2 aromatic carbocycles. The fraction of sp³-hybridized carbons (Fsp3) is 0.393. The van der Waals surface area contributed by atoms with E-state index in [4.69, 9.17) is 4.98 Å². The number of aromatic amines is 1. The Balaban J connectivity index is 1.33. The van der Waals surface area contributed by atoms with Crippen LogP contribution in [0.25, 0.3) is 11.2 Å². The molecule has 0 saturated carbocycles. The van der Waals surface area contributed by atoms with E-state index in [9.17, 15) is 9.59 Å². The molecular formula is C28H32N6O2. The van der Waals surface area contributed by atoms with E-state index in [0.29, 0.717) is 31.1 Å². The number of aromatic nitrogens is 5. The number of likely N-dealkylation sites (tertiary alicyclic amines) is 1. The standard InChI is InChI=1S/C28H32N6O2/c1-18-7-5-6-8-22(18)27(36)33-15-13-20(14-16-33)24-29-25-23(26(35)30-24)31-32-34(25)17-19-9-11-21(12-10-19)28(2,3)4/h5-12,20H,13-17H2,1-4H3,(H,29,30,35). The molecule has 1 amide bonds. The molecule has 1 saturated heterocycles. The van der Waals surface area contributed by atoms with Crippen molar-refractivity contribution in [3.05, 3.63) is 87.0 Å². The van der Waals surface area contributed by atoms with Gasteiger partial charge in [0.15, 0.2) is 11.2 Å². The van der Waals surface area contributed by atoms with Gasteiger partial charge in [-0.3, -0.25) is 9.59 Å². The lowest BCUT2D eigenvalue weighted by Crippen LogP contribution is -2.38. The largest absolute Gasteiger partial charge is 0.339 e. The Morgan fingerprint density at radius 1 is 1.06 bits per heavy atom. The fourth-order valence-corrected chi connectivity index (χ4v) is 4.81. The van der Waals surface area contributed by atoms with Crippen molar-refractivity contribution in [2.45, 2.75) is 58.4 Å². The van der Waals surface area contributed by atoms with E-state index in [1.54, 1.807) is 4.68 Å². The number of benzene rings is 2. The molecule has 0 unspecified atom stereocenters. The van der Waals surface area contributed by atoms with Crippen molar-refractivity contribution in [1.82, 2.24) is 29.9 Å². The Bertz CT molecular complexity index is 1450. The third-order valence-electron chi connectivity index (χ3n) is 7.09. The van der Waals surface area contributed by atoms with Crippen molar-refractivity contribution in [2.75, 3.05) is 13.1 Å². The predicted octanol–water partition coefficient (Wildman–Crippen LogP) is 4.19. The van der Waals surface area contributed by atoms with Gasteiger partial charge < -0.3 is 9.88 Å². The molecule has 0 bridgehead atoms. The molecule has 2 aromatic heterocycles. The molecule has 186 valence electrons. The number of H-pyrrole nitrogens is 1. The second-order valence-electron chi connectivity index (χ2n) is 10.7. The van der Waals surface area contributed by atoms with E-state index in [2.05, 4.69) is 60.3 Å². The van der Waals surface area contributed by atoms with Crippen LogP contribution in [0.1, 0.15) is 72.4 Å². The topological polar surface area (TPSA) is 96.8 Å². The van der Waals surface area contributed by atoms with Crippen LogP contribution in [0.5, 0.6) is 0 Å². The van der Waals surface area contributed by atoms with Gasteiger partial charge in [0.25, 0.3) is 11.5 Å². The number of piperidine rings is 1. The normalized spacial score (nSPS) is 14.9. The van der Waals surface area contributed by atoms with E-state index in [1.807, 2.05) is 36.1 Å². The van der Waals surface area contributed by atoms with Gasteiger partial charge in [-0.05, 0) is 47.9 Å². The predicted molar refractivity (Wildman–Crippen MR) is 139 cm³/mol. The highest BCUT2D eigenvalue weighted by Crippen LogP contribution is 2.27. The molecule has 1 aliphatic rings. The van der Waals surface area contributed by atoms with Crippen molar-refractivity contribution in [3.8, 4) is 0 Å². The van der Waals surface area contributed by atoms with Crippen LogP contribution in [-0.2, 0) is 12.0 Å². The molecule has 0 aliphatic carbocycles.